The van der Waals surface area contributed by atoms with Gasteiger partial charge in [-0.05, 0) is 87.0 Å². The summed E-state index contributed by atoms with van der Waals surface area (Å²) in [5.74, 6) is 0. The molecule has 0 fully saturated rings. The summed E-state index contributed by atoms with van der Waals surface area (Å²) in [6.07, 6.45) is 0. The van der Waals surface area contributed by atoms with Crippen LogP contribution in [0.25, 0.3) is 88.4 Å². The Bertz CT molecular complexity index is 2310. The van der Waals surface area contributed by atoms with Crippen molar-refractivity contribution in [3.8, 4) is 44.5 Å². The quantitative estimate of drug-likeness (QED) is 0.213. The first-order chi connectivity index (χ1) is 21.8. The molecule has 44 heavy (non-hydrogen) atoms. The second-order valence-corrected chi connectivity index (χ2v) is 11.4. The van der Waals surface area contributed by atoms with Crippen molar-refractivity contribution < 1.29 is 8.83 Å². The first-order valence-corrected chi connectivity index (χ1v) is 14.9. The van der Waals surface area contributed by atoms with Crippen LogP contribution in [0.4, 0.5) is 0 Å². The molecule has 0 spiro atoms. The van der Waals surface area contributed by atoms with Gasteiger partial charge in [-0.25, -0.2) is 0 Å². The third-order valence-electron chi connectivity index (χ3n) is 8.67. The average Bonchev–Trinajstić information content (AvgIpc) is 3.64. The summed E-state index contributed by atoms with van der Waals surface area (Å²) >= 11 is 0. The van der Waals surface area contributed by atoms with E-state index in [2.05, 4.69) is 152 Å². The molecule has 9 rings (SSSR count). The van der Waals surface area contributed by atoms with Crippen LogP contribution in [0.5, 0.6) is 0 Å². The van der Waals surface area contributed by atoms with E-state index in [4.69, 9.17) is 8.83 Å². The molecule has 2 heterocycles. The molecule has 0 aliphatic rings. The van der Waals surface area contributed by atoms with Gasteiger partial charge in [0.15, 0.2) is 0 Å². The van der Waals surface area contributed by atoms with E-state index in [1.807, 2.05) is 6.07 Å². The number of benzene rings is 7. The Labute approximate surface area is 254 Å². The zero-order valence-electron chi connectivity index (χ0n) is 23.8. The zero-order chi connectivity index (χ0) is 29.0. The van der Waals surface area contributed by atoms with Crippen molar-refractivity contribution >= 4 is 43.9 Å². The summed E-state index contributed by atoms with van der Waals surface area (Å²) in [4.78, 5) is 0. The van der Waals surface area contributed by atoms with E-state index in [9.17, 15) is 0 Å². The minimum Gasteiger partial charge on any atom is -0.456 e. The van der Waals surface area contributed by atoms with E-state index >= 15 is 0 Å². The topological polar surface area (TPSA) is 26.3 Å². The van der Waals surface area contributed by atoms with Crippen LogP contribution >= 0.6 is 0 Å². The number of furan rings is 2. The molecule has 0 saturated carbocycles. The number of hydrogen-bond donors (Lipinski definition) is 0. The zero-order valence-corrected chi connectivity index (χ0v) is 23.8. The van der Waals surface area contributed by atoms with E-state index in [-0.39, 0.29) is 0 Å². The predicted molar refractivity (Wildman–Crippen MR) is 183 cm³/mol. The fourth-order valence-electron chi connectivity index (χ4n) is 6.42. The Kier molecular flexibility index (Phi) is 5.54. The molecule has 2 nitrogen and oxygen atoms in total. The van der Waals surface area contributed by atoms with Crippen molar-refractivity contribution in [1.82, 2.24) is 0 Å². The monoisotopic (exact) mass is 562 g/mol. The summed E-state index contributed by atoms with van der Waals surface area (Å²) < 4.78 is 12.7. The minimum atomic E-state index is 0.831. The molecule has 0 unspecified atom stereocenters. The summed E-state index contributed by atoms with van der Waals surface area (Å²) in [5.41, 5.74) is 12.9. The second kappa shape index (κ2) is 9.86. The van der Waals surface area contributed by atoms with Crippen molar-refractivity contribution in [3.63, 3.8) is 0 Å². The lowest BCUT2D eigenvalue weighted by Crippen LogP contribution is -1.81. The first-order valence-electron chi connectivity index (χ1n) is 14.9. The van der Waals surface area contributed by atoms with E-state index in [0.717, 1.165) is 55.0 Å². The van der Waals surface area contributed by atoms with E-state index in [1.54, 1.807) is 0 Å². The van der Waals surface area contributed by atoms with Crippen molar-refractivity contribution in [3.05, 3.63) is 158 Å². The summed E-state index contributed by atoms with van der Waals surface area (Å²) in [6, 6.07) is 55.7. The van der Waals surface area contributed by atoms with Gasteiger partial charge in [0.1, 0.15) is 22.3 Å². The van der Waals surface area contributed by atoms with Crippen LogP contribution in [0.2, 0.25) is 0 Å². The molecule has 0 N–H and O–H groups in total. The second-order valence-electron chi connectivity index (χ2n) is 11.4. The average molecular weight is 563 g/mol. The third kappa shape index (κ3) is 4.11. The fraction of sp³-hybridized carbons (Fsp3) is 0. The Morgan fingerprint density at radius 2 is 0.591 bits per heavy atom. The third-order valence-corrected chi connectivity index (χ3v) is 8.67. The standard InChI is InChI=1S/C42H26O2/c1-3-9-27(10-4-1)29-13-7-15-31(21-29)33-17-19-39-35(23-33)37-25-38-36-24-34(18-20-40(36)44-42(38)26-41(37)43-39)32-16-8-14-30(22-32)28-11-5-2-6-12-28/h1-26H. The lowest BCUT2D eigenvalue weighted by molar-refractivity contribution is 0.656. The highest BCUT2D eigenvalue weighted by Gasteiger charge is 2.15. The Morgan fingerprint density at radius 1 is 0.227 bits per heavy atom. The Hall–Kier alpha value is -5.86. The van der Waals surface area contributed by atoms with Gasteiger partial charge in [-0.15, -0.1) is 0 Å². The molecular weight excluding hydrogens is 536 g/mol. The molecule has 0 radical (unpaired) electrons. The van der Waals surface area contributed by atoms with E-state index in [0.29, 0.717) is 0 Å². The maximum Gasteiger partial charge on any atom is 0.139 e. The highest BCUT2D eigenvalue weighted by atomic mass is 16.3. The van der Waals surface area contributed by atoms with Gasteiger partial charge < -0.3 is 8.83 Å². The Balaban J connectivity index is 1.16. The summed E-state index contributed by atoms with van der Waals surface area (Å²) in [7, 11) is 0. The normalized spacial score (nSPS) is 11.6. The van der Waals surface area contributed by atoms with Gasteiger partial charge in [0.25, 0.3) is 0 Å². The SMILES string of the molecule is c1ccc(-c2cccc(-c3ccc4oc5cc6oc7ccc(-c8cccc(-c9ccccc9)c8)cc7c6cc5c4c3)c2)cc1. The number of rotatable bonds is 4. The van der Waals surface area contributed by atoms with Gasteiger partial charge in [0, 0.05) is 27.6 Å². The molecule has 0 aliphatic carbocycles. The van der Waals surface area contributed by atoms with Gasteiger partial charge in [-0.2, -0.15) is 0 Å². The molecule has 2 heteroatoms. The maximum atomic E-state index is 6.33. The van der Waals surface area contributed by atoms with Crippen molar-refractivity contribution in [2.45, 2.75) is 0 Å². The van der Waals surface area contributed by atoms with Crippen LogP contribution in [-0.2, 0) is 0 Å². The van der Waals surface area contributed by atoms with Crippen LogP contribution in [0, 0.1) is 0 Å². The lowest BCUT2D eigenvalue weighted by atomic mass is 9.97. The van der Waals surface area contributed by atoms with Crippen molar-refractivity contribution in [1.29, 1.82) is 0 Å². The van der Waals surface area contributed by atoms with Crippen LogP contribution in [0.1, 0.15) is 0 Å². The van der Waals surface area contributed by atoms with Gasteiger partial charge in [-0.1, -0.05) is 109 Å². The molecule has 0 bridgehead atoms. The molecule has 0 amide bonds. The van der Waals surface area contributed by atoms with Gasteiger partial charge >= 0.3 is 0 Å². The molecule has 2 aromatic heterocycles. The minimum absolute atomic E-state index is 0.831. The van der Waals surface area contributed by atoms with Gasteiger partial charge in [0.2, 0.25) is 0 Å². The number of fused-ring (bicyclic) bond motifs is 6. The molecule has 0 saturated heterocycles. The lowest BCUT2D eigenvalue weighted by Gasteiger charge is -2.06. The van der Waals surface area contributed by atoms with E-state index < -0.39 is 0 Å². The van der Waals surface area contributed by atoms with Crippen LogP contribution in [0.15, 0.2) is 167 Å². The molecule has 7 aromatic carbocycles. The van der Waals surface area contributed by atoms with Crippen LogP contribution in [0.3, 0.4) is 0 Å². The number of hydrogen-bond acceptors (Lipinski definition) is 2. The first kappa shape index (κ1) is 24.7. The molecular formula is C42H26O2. The molecule has 0 atom stereocenters. The van der Waals surface area contributed by atoms with E-state index in [1.165, 1.54) is 33.4 Å². The summed E-state index contributed by atoms with van der Waals surface area (Å²) in [5, 5.41) is 4.39. The van der Waals surface area contributed by atoms with Crippen molar-refractivity contribution in [2.75, 3.05) is 0 Å². The fourth-order valence-corrected chi connectivity index (χ4v) is 6.42. The molecule has 206 valence electrons. The van der Waals surface area contributed by atoms with Crippen LogP contribution in [-0.4, -0.2) is 0 Å². The van der Waals surface area contributed by atoms with Crippen LogP contribution < -0.4 is 0 Å². The highest BCUT2D eigenvalue weighted by Crippen LogP contribution is 2.40. The van der Waals surface area contributed by atoms with Gasteiger partial charge in [0.05, 0.1) is 0 Å². The smallest absolute Gasteiger partial charge is 0.139 e. The highest BCUT2D eigenvalue weighted by molar-refractivity contribution is 6.16. The van der Waals surface area contributed by atoms with Crippen molar-refractivity contribution in [2.24, 2.45) is 0 Å². The Morgan fingerprint density at radius 3 is 1.05 bits per heavy atom. The maximum absolute atomic E-state index is 6.33. The predicted octanol–water partition coefficient (Wildman–Crippen LogP) is 12.2. The largest absolute Gasteiger partial charge is 0.456 e. The molecule has 9 aromatic rings. The molecule has 0 aliphatic heterocycles. The summed E-state index contributed by atoms with van der Waals surface area (Å²) in [6.45, 7) is 0. The van der Waals surface area contributed by atoms with Gasteiger partial charge in [-0.3, -0.25) is 0 Å².